The van der Waals surface area contributed by atoms with Crippen molar-refractivity contribution >= 4 is 5.97 Å². The van der Waals surface area contributed by atoms with Crippen molar-refractivity contribution in [3.05, 3.63) is 28.8 Å². The average molecular weight is 264 g/mol. The summed E-state index contributed by atoms with van der Waals surface area (Å²) in [4.78, 5) is 12.1. The van der Waals surface area contributed by atoms with Gasteiger partial charge in [-0.15, -0.1) is 0 Å². The summed E-state index contributed by atoms with van der Waals surface area (Å²) < 4.78 is 10.9. The molecule has 1 aromatic carbocycles. The zero-order valence-electron chi connectivity index (χ0n) is 13.0. The lowest BCUT2D eigenvalue weighted by Crippen LogP contribution is -2.27. The van der Waals surface area contributed by atoms with Crippen molar-refractivity contribution in [1.29, 1.82) is 0 Å². The second-order valence-corrected chi connectivity index (χ2v) is 5.89. The number of hydrogen-bond donors (Lipinski definition) is 0. The molecule has 1 rings (SSSR count). The molecule has 0 fully saturated rings. The zero-order valence-corrected chi connectivity index (χ0v) is 13.0. The summed E-state index contributed by atoms with van der Waals surface area (Å²) in [5.74, 6) is 0.209. The molecular weight excluding hydrogens is 240 g/mol. The van der Waals surface area contributed by atoms with Crippen LogP contribution < -0.4 is 4.74 Å². The Bertz CT molecular complexity index is 470. The first-order chi connectivity index (χ1) is 8.67. The van der Waals surface area contributed by atoms with Crippen LogP contribution in [0.5, 0.6) is 5.75 Å². The largest absolute Gasteiger partial charge is 0.496 e. The number of hydrogen-bond acceptors (Lipinski definition) is 3. The molecule has 0 spiro atoms. The summed E-state index contributed by atoms with van der Waals surface area (Å²) in [6.07, 6.45) is 0. The highest BCUT2D eigenvalue weighted by Gasteiger charge is 2.26. The molecule has 0 bridgehead atoms. The smallest absolute Gasteiger partial charge is 0.313 e. The molecule has 1 aromatic rings. The van der Waals surface area contributed by atoms with Crippen molar-refractivity contribution in [1.82, 2.24) is 0 Å². The molecule has 0 aliphatic carbocycles. The van der Waals surface area contributed by atoms with E-state index in [4.69, 9.17) is 9.47 Å². The van der Waals surface area contributed by atoms with E-state index in [1.807, 2.05) is 53.7 Å². The van der Waals surface area contributed by atoms with Gasteiger partial charge in [0.1, 0.15) is 11.4 Å². The zero-order chi connectivity index (χ0) is 14.8. The van der Waals surface area contributed by atoms with E-state index in [9.17, 15) is 4.79 Å². The third kappa shape index (κ3) is 3.72. The molecule has 1 unspecified atom stereocenters. The first-order valence-corrected chi connectivity index (χ1v) is 6.54. The maximum Gasteiger partial charge on any atom is 0.313 e. The van der Waals surface area contributed by atoms with Gasteiger partial charge in [0, 0.05) is 5.56 Å². The first kappa shape index (κ1) is 15.5. The topological polar surface area (TPSA) is 35.5 Å². The third-order valence-electron chi connectivity index (χ3n) is 3.14. The van der Waals surface area contributed by atoms with E-state index in [0.29, 0.717) is 0 Å². The van der Waals surface area contributed by atoms with Gasteiger partial charge < -0.3 is 9.47 Å². The molecule has 106 valence electrons. The van der Waals surface area contributed by atoms with Crippen LogP contribution in [0.4, 0.5) is 0 Å². The molecule has 1 atom stereocenters. The number of carbonyl (C=O) groups is 1. The fourth-order valence-corrected chi connectivity index (χ4v) is 1.94. The van der Waals surface area contributed by atoms with Crippen molar-refractivity contribution < 1.29 is 14.3 Å². The number of esters is 1. The normalized spacial score (nSPS) is 13.0. The van der Waals surface area contributed by atoms with Crippen molar-refractivity contribution in [2.24, 2.45) is 0 Å². The van der Waals surface area contributed by atoms with Crippen LogP contribution >= 0.6 is 0 Å². The van der Waals surface area contributed by atoms with Gasteiger partial charge in [0.25, 0.3) is 0 Å². The molecule has 0 saturated heterocycles. The van der Waals surface area contributed by atoms with Crippen molar-refractivity contribution in [3.63, 3.8) is 0 Å². The number of ether oxygens (including phenoxy) is 2. The monoisotopic (exact) mass is 264 g/mol. The van der Waals surface area contributed by atoms with E-state index in [-0.39, 0.29) is 11.9 Å². The minimum absolute atomic E-state index is 0.228. The summed E-state index contributed by atoms with van der Waals surface area (Å²) >= 11 is 0. The first-order valence-electron chi connectivity index (χ1n) is 6.54. The van der Waals surface area contributed by atoms with Crippen molar-refractivity contribution in [2.75, 3.05) is 7.11 Å². The minimum atomic E-state index is -0.474. The molecule has 0 heterocycles. The Balaban J connectivity index is 3.10. The SMILES string of the molecule is COc1c(C(C)C(=O)OC(C)(C)C)ccc(C)c1C. The number of benzene rings is 1. The average Bonchev–Trinajstić information content (AvgIpc) is 2.29. The fraction of sp³-hybridized carbons (Fsp3) is 0.562. The molecule has 0 radical (unpaired) electrons. The number of methoxy groups -OCH3 is 1. The molecule has 0 aliphatic heterocycles. The molecule has 3 nitrogen and oxygen atoms in total. The Morgan fingerprint density at radius 1 is 1.21 bits per heavy atom. The Labute approximate surface area is 115 Å². The van der Waals surface area contributed by atoms with Gasteiger partial charge in [-0.3, -0.25) is 4.79 Å². The molecular formula is C16H24O3. The van der Waals surface area contributed by atoms with Crippen LogP contribution in [0.2, 0.25) is 0 Å². The molecule has 19 heavy (non-hydrogen) atoms. The number of aryl methyl sites for hydroxylation is 1. The van der Waals surface area contributed by atoms with E-state index in [1.54, 1.807) is 7.11 Å². The molecule has 0 saturated carbocycles. The van der Waals surface area contributed by atoms with Crippen LogP contribution in [0, 0.1) is 13.8 Å². The molecule has 0 amide bonds. The molecule has 3 heteroatoms. The quantitative estimate of drug-likeness (QED) is 0.780. The lowest BCUT2D eigenvalue weighted by molar-refractivity contribution is -0.156. The lowest BCUT2D eigenvalue weighted by Gasteiger charge is -2.24. The fourth-order valence-electron chi connectivity index (χ4n) is 1.94. The number of carbonyl (C=O) groups excluding carboxylic acids is 1. The van der Waals surface area contributed by atoms with E-state index in [0.717, 1.165) is 22.4 Å². The Kier molecular flexibility index (Phi) is 4.61. The standard InChI is InChI=1S/C16H24O3/c1-10-8-9-13(14(18-7)11(10)2)12(3)15(17)19-16(4,5)6/h8-9,12H,1-7H3. The summed E-state index contributed by atoms with van der Waals surface area (Å²) in [5.41, 5.74) is 2.62. The molecule has 0 N–H and O–H groups in total. The van der Waals surface area contributed by atoms with Gasteiger partial charge in [0.15, 0.2) is 0 Å². The second-order valence-electron chi connectivity index (χ2n) is 5.89. The summed E-state index contributed by atoms with van der Waals surface area (Å²) in [5, 5.41) is 0. The number of rotatable bonds is 3. The van der Waals surface area contributed by atoms with Crippen LogP contribution in [0.15, 0.2) is 12.1 Å². The van der Waals surface area contributed by atoms with Crippen LogP contribution in [0.25, 0.3) is 0 Å². The van der Waals surface area contributed by atoms with Gasteiger partial charge in [0.2, 0.25) is 0 Å². The van der Waals surface area contributed by atoms with E-state index >= 15 is 0 Å². The van der Waals surface area contributed by atoms with Gasteiger partial charge in [-0.2, -0.15) is 0 Å². The highest BCUT2D eigenvalue weighted by Crippen LogP contribution is 2.33. The summed E-state index contributed by atoms with van der Waals surface area (Å²) in [7, 11) is 1.63. The minimum Gasteiger partial charge on any atom is -0.496 e. The van der Waals surface area contributed by atoms with Gasteiger partial charge in [-0.25, -0.2) is 0 Å². The maximum absolute atomic E-state index is 12.1. The summed E-state index contributed by atoms with van der Waals surface area (Å²) in [6.45, 7) is 11.5. The van der Waals surface area contributed by atoms with Crippen LogP contribution in [0.1, 0.15) is 50.3 Å². The van der Waals surface area contributed by atoms with Gasteiger partial charge in [-0.05, 0) is 52.7 Å². The second kappa shape index (κ2) is 5.64. The van der Waals surface area contributed by atoms with E-state index < -0.39 is 5.60 Å². The molecule has 0 aliphatic rings. The summed E-state index contributed by atoms with van der Waals surface area (Å²) in [6, 6.07) is 3.95. The Morgan fingerprint density at radius 2 is 1.79 bits per heavy atom. The predicted molar refractivity (Wildman–Crippen MR) is 76.7 cm³/mol. The van der Waals surface area contributed by atoms with Gasteiger partial charge in [0.05, 0.1) is 13.0 Å². The van der Waals surface area contributed by atoms with Gasteiger partial charge >= 0.3 is 5.97 Å². The maximum atomic E-state index is 12.1. The lowest BCUT2D eigenvalue weighted by atomic mass is 9.95. The van der Waals surface area contributed by atoms with Crippen LogP contribution in [-0.4, -0.2) is 18.7 Å². The van der Waals surface area contributed by atoms with Crippen LogP contribution in [0.3, 0.4) is 0 Å². The van der Waals surface area contributed by atoms with E-state index in [2.05, 4.69) is 0 Å². The molecule has 0 aromatic heterocycles. The van der Waals surface area contributed by atoms with Gasteiger partial charge in [-0.1, -0.05) is 12.1 Å². The Morgan fingerprint density at radius 3 is 2.26 bits per heavy atom. The predicted octanol–water partition coefficient (Wildman–Crippen LogP) is 3.76. The van der Waals surface area contributed by atoms with Crippen LogP contribution in [-0.2, 0) is 9.53 Å². The highest BCUT2D eigenvalue weighted by atomic mass is 16.6. The van der Waals surface area contributed by atoms with Crippen molar-refractivity contribution in [3.8, 4) is 5.75 Å². The Hall–Kier alpha value is -1.51. The third-order valence-corrected chi connectivity index (χ3v) is 3.14. The van der Waals surface area contributed by atoms with Crippen molar-refractivity contribution in [2.45, 2.75) is 53.1 Å². The highest BCUT2D eigenvalue weighted by molar-refractivity contribution is 5.79. The van der Waals surface area contributed by atoms with E-state index in [1.165, 1.54) is 0 Å².